The number of amides is 2. The number of thiazole rings is 1. The predicted octanol–water partition coefficient (Wildman–Crippen LogP) is 6.49. The largest absolute Gasteiger partial charge is 0.493 e. The van der Waals surface area contributed by atoms with Crippen molar-refractivity contribution < 1.29 is 32.2 Å². The molecule has 0 bridgehead atoms. The zero-order chi connectivity index (χ0) is 29.8. The number of carbonyl (C=O) groups excluding carboxylic acids is 2. The van der Waals surface area contributed by atoms with Gasteiger partial charge in [0.15, 0.2) is 11.5 Å². The van der Waals surface area contributed by atoms with Crippen LogP contribution in [-0.4, -0.2) is 29.2 Å². The second-order valence-electron chi connectivity index (χ2n) is 9.61. The number of rotatable bonds is 6. The zero-order valence-electron chi connectivity index (χ0n) is 21.6. The van der Waals surface area contributed by atoms with Gasteiger partial charge in [0.2, 0.25) is 11.8 Å². The average molecular weight is 633 g/mol. The summed E-state index contributed by atoms with van der Waals surface area (Å²) < 4.78 is 53.1. The number of alkyl halides is 3. The number of benzene rings is 3. The number of imide groups is 1. The molecule has 2 aliphatic rings. The van der Waals surface area contributed by atoms with Crippen molar-refractivity contribution in [2.45, 2.75) is 29.0 Å². The van der Waals surface area contributed by atoms with Gasteiger partial charge in [-0.05, 0) is 47.5 Å². The number of nitrogens with one attached hydrogen (secondary N) is 1. The Hall–Kier alpha value is -3.74. The van der Waals surface area contributed by atoms with Gasteiger partial charge in [-0.2, -0.15) is 13.2 Å². The first kappa shape index (κ1) is 28.4. The van der Waals surface area contributed by atoms with Crippen molar-refractivity contribution in [2.75, 3.05) is 12.0 Å². The first-order valence-corrected chi connectivity index (χ1v) is 14.6. The van der Waals surface area contributed by atoms with Gasteiger partial charge in [0.25, 0.3) is 0 Å². The lowest BCUT2D eigenvalue weighted by molar-refractivity contribution is -0.137. The van der Waals surface area contributed by atoms with Crippen LogP contribution >= 0.6 is 34.7 Å². The third kappa shape index (κ3) is 4.97. The number of thioether (sulfide) groups is 1. The van der Waals surface area contributed by atoms with Crippen molar-refractivity contribution in [1.29, 1.82) is 0 Å². The first-order chi connectivity index (χ1) is 20.1. The number of aromatic amines is 1. The van der Waals surface area contributed by atoms with Gasteiger partial charge in [-0.1, -0.05) is 65.0 Å². The van der Waals surface area contributed by atoms with Crippen molar-refractivity contribution in [3.05, 3.63) is 103 Å². The molecule has 0 spiro atoms. The van der Waals surface area contributed by atoms with Gasteiger partial charge in [0, 0.05) is 15.8 Å². The Balaban J connectivity index is 1.40. The molecule has 3 heterocycles. The number of ether oxygens (including phenoxy) is 2. The maximum absolute atomic E-state index is 13.9. The van der Waals surface area contributed by atoms with Crippen molar-refractivity contribution in [3.63, 3.8) is 0 Å². The molecule has 42 heavy (non-hydrogen) atoms. The van der Waals surface area contributed by atoms with E-state index in [4.69, 9.17) is 21.1 Å². The summed E-state index contributed by atoms with van der Waals surface area (Å²) in [7, 11) is 1.45. The molecule has 1 saturated heterocycles. The Morgan fingerprint density at radius 1 is 0.976 bits per heavy atom. The maximum atomic E-state index is 13.9. The molecule has 1 fully saturated rings. The Morgan fingerprint density at radius 3 is 2.50 bits per heavy atom. The normalized spacial score (nSPS) is 19.9. The van der Waals surface area contributed by atoms with Gasteiger partial charge in [-0.25, -0.2) is 4.90 Å². The summed E-state index contributed by atoms with van der Waals surface area (Å²) in [5.41, 5.74) is -0.233. The minimum Gasteiger partial charge on any atom is -0.493 e. The van der Waals surface area contributed by atoms with Crippen molar-refractivity contribution >= 4 is 52.2 Å². The topological polar surface area (TPSA) is 88.7 Å². The lowest BCUT2D eigenvalue weighted by Crippen LogP contribution is -2.33. The second kappa shape index (κ2) is 10.8. The minimum absolute atomic E-state index is 0.200. The van der Waals surface area contributed by atoms with E-state index in [1.807, 2.05) is 6.07 Å². The summed E-state index contributed by atoms with van der Waals surface area (Å²) >= 11 is 7.95. The average Bonchev–Trinajstić information content (AvgIpc) is 3.45. The predicted molar refractivity (Wildman–Crippen MR) is 153 cm³/mol. The van der Waals surface area contributed by atoms with Crippen LogP contribution in [0, 0.1) is 5.92 Å². The summed E-state index contributed by atoms with van der Waals surface area (Å²) in [6.07, 6.45) is -4.78. The third-order valence-electron chi connectivity index (χ3n) is 7.10. The van der Waals surface area contributed by atoms with Gasteiger partial charge < -0.3 is 14.5 Å². The molecule has 216 valence electrons. The van der Waals surface area contributed by atoms with Gasteiger partial charge in [0.05, 0.1) is 29.3 Å². The number of H-pyrrole nitrogens is 1. The fourth-order valence-corrected chi connectivity index (χ4v) is 8.03. The Labute approximate surface area is 250 Å². The molecule has 3 atom stereocenters. The maximum Gasteiger partial charge on any atom is 0.418 e. The summed E-state index contributed by atoms with van der Waals surface area (Å²) in [5, 5.41) is -0.0815. The van der Waals surface area contributed by atoms with Gasteiger partial charge in [0.1, 0.15) is 11.9 Å². The number of para-hydroxylation sites is 1. The SMILES string of the molecule is COc1cc(C2c3sc(=O)[nH]c3SC3C(=O)N(c4ccccc4C(F)(F)F)C(=O)C32)ccc1OCc1cccc(Cl)c1. The molecule has 0 aliphatic carbocycles. The molecule has 6 rings (SSSR count). The molecule has 3 aromatic carbocycles. The van der Waals surface area contributed by atoms with Crippen LogP contribution in [0.3, 0.4) is 0 Å². The number of halogens is 4. The lowest BCUT2D eigenvalue weighted by Gasteiger charge is -2.30. The van der Waals surface area contributed by atoms with Crippen LogP contribution in [0.4, 0.5) is 18.9 Å². The van der Waals surface area contributed by atoms with Crippen LogP contribution < -0.4 is 19.2 Å². The molecule has 0 radical (unpaired) electrons. The molecule has 0 saturated carbocycles. The highest BCUT2D eigenvalue weighted by Gasteiger charge is 2.57. The summed E-state index contributed by atoms with van der Waals surface area (Å²) in [5.74, 6) is -2.67. The van der Waals surface area contributed by atoms with Crippen molar-refractivity contribution in [2.24, 2.45) is 5.92 Å². The molecular weight excluding hydrogens is 613 g/mol. The number of anilines is 1. The van der Waals surface area contributed by atoms with Crippen LogP contribution in [0.1, 0.15) is 27.5 Å². The van der Waals surface area contributed by atoms with Gasteiger partial charge >= 0.3 is 11.0 Å². The number of fused-ring (bicyclic) bond motifs is 2. The molecule has 13 heteroatoms. The van der Waals surface area contributed by atoms with Crippen LogP contribution in [0.15, 0.2) is 76.6 Å². The van der Waals surface area contributed by atoms with Crippen LogP contribution in [0.5, 0.6) is 11.5 Å². The number of hydrogen-bond acceptors (Lipinski definition) is 7. The van der Waals surface area contributed by atoms with E-state index in [0.717, 1.165) is 40.8 Å². The highest BCUT2D eigenvalue weighted by Crippen LogP contribution is 2.54. The lowest BCUT2D eigenvalue weighted by atomic mass is 9.83. The highest BCUT2D eigenvalue weighted by molar-refractivity contribution is 8.00. The van der Waals surface area contributed by atoms with E-state index in [2.05, 4.69) is 4.98 Å². The number of carbonyl (C=O) groups is 2. The number of methoxy groups -OCH3 is 1. The van der Waals surface area contributed by atoms with E-state index in [0.29, 0.717) is 36.9 Å². The quantitative estimate of drug-likeness (QED) is 0.245. The summed E-state index contributed by atoms with van der Waals surface area (Å²) in [6, 6.07) is 16.7. The molecule has 3 unspecified atom stereocenters. The molecule has 1 aromatic heterocycles. The van der Waals surface area contributed by atoms with E-state index in [-0.39, 0.29) is 11.5 Å². The summed E-state index contributed by atoms with van der Waals surface area (Å²) in [4.78, 5) is 43.4. The van der Waals surface area contributed by atoms with E-state index in [1.54, 1.807) is 36.4 Å². The number of nitrogens with zero attached hydrogens (tertiary/aromatic N) is 1. The highest BCUT2D eigenvalue weighted by atomic mass is 35.5. The minimum atomic E-state index is -4.78. The molecule has 1 N–H and O–H groups in total. The van der Waals surface area contributed by atoms with Gasteiger partial charge in [-0.3, -0.25) is 14.4 Å². The van der Waals surface area contributed by atoms with Crippen LogP contribution in [0.25, 0.3) is 0 Å². The first-order valence-electron chi connectivity index (χ1n) is 12.6. The monoisotopic (exact) mass is 632 g/mol. The standard InChI is InChI=1S/C29H20ClF3N2O5S2/c1-39-20-12-15(9-10-19(20)40-13-14-5-4-6-16(30)11-14)21-22-24(41-25-23(21)42-28(38)34-25)27(37)35(26(22)36)18-8-3-2-7-17(18)29(31,32)33/h2-12,21-22,24H,13H2,1H3,(H,34,38). The van der Waals surface area contributed by atoms with E-state index in [9.17, 15) is 27.6 Å². The molecule has 2 amide bonds. The zero-order valence-corrected chi connectivity index (χ0v) is 24.0. The third-order valence-corrected chi connectivity index (χ3v) is 9.74. The van der Waals surface area contributed by atoms with Crippen molar-refractivity contribution in [1.82, 2.24) is 4.98 Å². The molecule has 7 nitrogen and oxygen atoms in total. The smallest absolute Gasteiger partial charge is 0.418 e. The molecular formula is C29H20ClF3N2O5S2. The Kier molecular flexibility index (Phi) is 7.32. The second-order valence-corrected chi connectivity index (χ2v) is 12.2. The molecule has 4 aromatic rings. The Bertz CT molecular complexity index is 1770. The fourth-order valence-electron chi connectivity index (χ4n) is 5.31. The van der Waals surface area contributed by atoms with E-state index in [1.165, 1.54) is 19.2 Å². The van der Waals surface area contributed by atoms with Crippen LogP contribution in [-0.2, 0) is 22.4 Å². The number of aromatic nitrogens is 1. The van der Waals surface area contributed by atoms with Crippen molar-refractivity contribution in [3.8, 4) is 11.5 Å². The number of hydrogen-bond donors (Lipinski definition) is 1. The van der Waals surface area contributed by atoms with E-state index >= 15 is 0 Å². The van der Waals surface area contributed by atoms with Gasteiger partial charge in [-0.15, -0.1) is 0 Å². The fraction of sp³-hybridized carbons (Fsp3) is 0.207. The Morgan fingerprint density at radius 2 is 1.76 bits per heavy atom. The van der Waals surface area contributed by atoms with E-state index < -0.39 is 46.3 Å². The molecule has 2 aliphatic heterocycles. The summed E-state index contributed by atoms with van der Waals surface area (Å²) in [6.45, 7) is 0.200. The van der Waals surface area contributed by atoms with Crippen LogP contribution in [0.2, 0.25) is 5.02 Å².